The number of nitrogens with one attached hydrogen (secondary N) is 14. The van der Waals surface area contributed by atoms with E-state index in [-0.39, 0.29) is 62.1 Å². The fraction of sp³-hybridized carbons (Fsp3) is 0.476. The van der Waals surface area contributed by atoms with Gasteiger partial charge in [-0.1, -0.05) is 92.1 Å². The van der Waals surface area contributed by atoms with Crippen LogP contribution in [0.4, 0.5) is 0 Å². The highest BCUT2D eigenvalue weighted by atomic mass is 32.1. The highest BCUT2D eigenvalue weighted by Crippen LogP contribution is 2.31. The summed E-state index contributed by atoms with van der Waals surface area (Å²) < 4.78 is -2.91. The van der Waals surface area contributed by atoms with Crippen LogP contribution in [0.15, 0.2) is 97.2 Å². The van der Waals surface area contributed by atoms with Crippen LogP contribution in [0, 0.1) is 0 Å². The van der Waals surface area contributed by atoms with Crippen molar-refractivity contribution in [3.8, 4) is 0 Å². The van der Waals surface area contributed by atoms with E-state index in [2.05, 4.69) is 86.7 Å². The van der Waals surface area contributed by atoms with Gasteiger partial charge in [0.15, 0.2) is 0 Å². The van der Waals surface area contributed by atoms with E-state index in [1.165, 1.54) is 65.1 Å². The Balaban J connectivity index is 1.37. The summed E-state index contributed by atoms with van der Waals surface area (Å²) in [6.07, 6.45) is -3.81. The molecule has 124 heavy (non-hydrogen) atoms. The number of hydrogen-bond donors (Lipinski definition) is 23. The summed E-state index contributed by atoms with van der Waals surface area (Å²) in [4.78, 5) is 264. The molecule has 27 N–H and O–H groups in total. The maximum absolute atomic E-state index is 15.6. The average Bonchev–Trinajstić information content (AvgIpc) is 0.826. The second-order valence-corrected chi connectivity index (χ2v) is 34.1. The van der Waals surface area contributed by atoms with Gasteiger partial charge in [0.2, 0.25) is 112 Å². The van der Waals surface area contributed by atoms with Crippen molar-refractivity contribution in [3.05, 3.63) is 119 Å². The Morgan fingerprint density at radius 2 is 0.911 bits per heavy atom. The number of amides is 19. The summed E-state index contributed by atoms with van der Waals surface area (Å²) in [6, 6.07) is 5.59. The molecule has 40 nitrogen and oxygen atoms in total. The first-order valence-corrected chi connectivity index (χ1v) is 40.9. The van der Waals surface area contributed by atoms with E-state index in [1.807, 2.05) is 6.07 Å². The van der Waals surface area contributed by atoms with Gasteiger partial charge in [-0.15, -0.1) is 0 Å². The number of carbonyl (C=O) groups excluding carboxylic acids is 19. The zero-order valence-electron chi connectivity index (χ0n) is 69.7. The predicted molar refractivity (Wildman–Crippen MR) is 459 cm³/mol. The molecule has 1 fully saturated rings. The van der Waals surface area contributed by atoms with Crippen molar-refractivity contribution in [1.29, 1.82) is 0 Å². The van der Waals surface area contributed by atoms with Gasteiger partial charge in [-0.05, 0) is 119 Å². The molecule has 0 bridgehead atoms. The number of thiol groups is 2. The van der Waals surface area contributed by atoms with Gasteiger partial charge in [-0.25, -0.2) is 0 Å². The minimum atomic E-state index is -1.99. The molecular formula is C82H112N20O20S2. The number of aliphatic hydroxyl groups excluding tert-OH is 1. The smallest absolute Gasteiger partial charge is 0.248 e. The van der Waals surface area contributed by atoms with Gasteiger partial charge in [0, 0.05) is 78.2 Å². The van der Waals surface area contributed by atoms with Crippen LogP contribution in [-0.4, -0.2) is 216 Å². The first-order valence-electron chi connectivity index (χ1n) is 40.0. The lowest BCUT2D eigenvalue weighted by atomic mass is 9.80. The number of hydrogen-bond acceptors (Lipinski definition) is 22. The summed E-state index contributed by atoms with van der Waals surface area (Å²) in [5, 5.41) is 46.2. The number of benzene rings is 4. The van der Waals surface area contributed by atoms with Crippen molar-refractivity contribution in [3.63, 3.8) is 0 Å². The average molecular weight is 1760 g/mol. The van der Waals surface area contributed by atoms with Crippen molar-refractivity contribution >= 4 is 159 Å². The number of aromatic nitrogens is 1. The molecule has 12 atom stereocenters. The van der Waals surface area contributed by atoms with Gasteiger partial charge < -0.3 is 114 Å². The van der Waals surface area contributed by atoms with Crippen molar-refractivity contribution in [2.24, 2.45) is 34.4 Å². The SMILES string of the molecule is CC(=O)NCCCC[C@H](NC(=O)C1(NC(=O)[C@H](Cc2ccc3ccccc3c2)NC(=O)[C@H](Cc2ccc(C(N)=O)cc2)NC(=O)[C@@H](NC(=O)[C@H](CCC(N)=O)NC(=O)[C@H](Cc2c[nH]c3ccccc23)NC(=O)[C@@H](NC(=O)[C@H](CC(N)=O)NC(=O)[C@@H](NC(C)=O)C(C)(C)S)[C@@H](C)O)C(C)(C)S)CCCCC1)C(=O)N[C@@H](CC(N)=O)C(=O)N[C@@H](CC(N)=O)C(N)=O. The van der Waals surface area contributed by atoms with Crippen LogP contribution in [0.25, 0.3) is 21.7 Å². The zero-order chi connectivity index (χ0) is 92.3. The van der Waals surface area contributed by atoms with E-state index in [0.717, 1.165) is 19.2 Å². The molecule has 1 aliphatic carbocycles. The number of para-hydroxylation sites is 1. The lowest BCUT2D eigenvalue weighted by Gasteiger charge is -2.39. The third-order valence-electron chi connectivity index (χ3n) is 20.4. The van der Waals surface area contributed by atoms with Gasteiger partial charge >= 0.3 is 0 Å². The van der Waals surface area contributed by atoms with Crippen molar-refractivity contribution < 1.29 is 96.2 Å². The number of aliphatic hydroxyl groups is 1. The minimum absolute atomic E-state index is 0.0468. The summed E-state index contributed by atoms with van der Waals surface area (Å²) in [5.41, 5.74) is 32.8. The van der Waals surface area contributed by atoms with Crippen LogP contribution >= 0.6 is 25.3 Å². The van der Waals surface area contributed by atoms with Crippen LogP contribution < -0.4 is 104 Å². The van der Waals surface area contributed by atoms with Crippen LogP contribution in [-0.2, 0) is 106 Å². The molecule has 1 aliphatic rings. The quantitative estimate of drug-likeness (QED) is 0.0131. The largest absolute Gasteiger partial charge is 0.391 e. The van der Waals surface area contributed by atoms with E-state index in [1.54, 1.807) is 60.7 Å². The third-order valence-corrected chi connectivity index (χ3v) is 21.0. The summed E-state index contributed by atoms with van der Waals surface area (Å²) in [6.45, 7) is 9.38. The second kappa shape index (κ2) is 46.0. The molecule has 0 aliphatic heterocycles. The topological polar surface area (TPSA) is 673 Å². The molecule has 19 amide bonds. The molecule has 0 spiro atoms. The maximum Gasteiger partial charge on any atom is 0.248 e. The van der Waals surface area contributed by atoms with Gasteiger partial charge in [0.1, 0.15) is 72.0 Å². The molecule has 6 rings (SSSR count). The Bertz CT molecular complexity index is 4790. The summed E-state index contributed by atoms with van der Waals surface area (Å²) in [5.74, 6) is -19.4. The Morgan fingerprint density at radius 1 is 0.452 bits per heavy atom. The monoisotopic (exact) mass is 1760 g/mol. The normalized spacial score (nSPS) is 15.4. The standard InChI is InChI=1S/C82H112N20O20S2/c1-41(103)64(100-74(117)59(39-63(86)109)98-77(120)65(80(4,5)123)91-43(3)105)76(119)96-57(36-49-40-90-51-20-12-11-19-50(49)51)72(115)92-53(28-29-60(83)106)70(113)101-66(81(6,7)124)78(121)97-55(34-44-22-26-47(27-23-44)67(87)110)71(114)94-56(35-45-24-25-46-17-9-10-18-48(46)33-45)75(118)102-82(30-14-8-15-31-82)79(122)99-52(21-13-16-32-89-42(2)104)69(112)95-58(38-62(85)108)73(116)93-54(68(88)111)37-61(84)107/h9-12,17-20,22-27,33,40-41,52-59,64-66,90,103,123-124H,8,13-16,21,28-32,34-39H2,1-7H3,(H2,83,106)(H2,84,107)(H2,85,108)(H2,86,109)(H2,87,110)(H2,88,111)(H,89,104)(H,91,105)(H,92,115)(H,93,116)(H,94,114)(H,95,112)(H,96,119)(H,97,121)(H,98,120)(H,99,122)(H,100,117)(H,101,113)(H,102,118)/t41-,52+,53+,54+,55+,56+,57+,58+,59+,64+,65-,66-/m1/s1. The minimum Gasteiger partial charge on any atom is -0.391 e. The number of primary amides is 6. The third kappa shape index (κ3) is 31.0. The number of aromatic amines is 1. The molecule has 0 saturated heterocycles. The highest BCUT2D eigenvalue weighted by Gasteiger charge is 2.46. The first-order chi connectivity index (χ1) is 58.1. The molecule has 1 heterocycles. The van der Waals surface area contributed by atoms with Crippen molar-refractivity contribution in [2.45, 2.75) is 239 Å². The van der Waals surface area contributed by atoms with Gasteiger partial charge in [-0.3, -0.25) is 91.1 Å². The Hall–Kier alpha value is -12.7. The van der Waals surface area contributed by atoms with E-state index in [0.29, 0.717) is 46.7 Å². The van der Waals surface area contributed by atoms with Gasteiger partial charge in [-0.2, -0.15) is 25.3 Å². The van der Waals surface area contributed by atoms with Crippen molar-refractivity contribution in [2.75, 3.05) is 6.54 Å². The van der Waals surface area contributed by atoms with Crippen LogP contribution in [0.1, 0.15) is 159 Å². The Kier molecular flexibility index (Phi) is 37.1. The van der Waals surface area contributed by atoms with E-state index in [9.17, 15) is 67.4 Å². The number of nitrogens with two attached hydrogens (primary N) is 6. The van der Waals surface area contributed by atoms with Crippen LogP contribution in [0.3, 0.4) is 0 Å². The van der Waals surface area contributed by atoms with E-state index < -0.39 is 239 Å². The summed E-state index contributed by atoms with van der Waals surface area (Å²) in [7, 11) is 0. The summed E-state index contributed by atoms with van der Waals surface area (Å²) >= 11 is 9.13. The fourth-order valence-corrected chi connectivity index (χ4v) is 14.2. The molecular weight excluding hydrogens is 1650 g/mol. The maximum atomic E-state index is 15.6. The second-order valence-electron chi connectivity index (χ2n) is 31.8. The number of fused-ring (bicyclic) bond motifs is 2. The fourth-order valence-electron chi connectivity index (χ4n) is 13.9. The number of carbonyl (C=O) groups is 19. The lowest BCUT2D eigenvalue weighted by molar-refractivity contribution is -0.139. The van der Waals surface area contributed by atoms with Crippen LogP contribution in [0.5, 0.6) is 0 Å². The number of unbranched alkanes of at least 4 members (excludes halogenated alkanes) is 1. The number of rotatable bonds is 48. The molecule has 42 heteroatoms. The zero-order valence-corrected chi connectivity index (χ0v) is 71.5. The van der Waals surface area contributed by atoms with E-state index >= 15 is 28.8 Å². The number of H-pyrrole nitrogens is 1. The molecule has 1 saturated carbocycles. The molecule has 1 aromatic heterocycles. The van der Waals surface area contributed by atoms with Gasteiger partial charge in [0.25, 0.3) is 0 Å². The Morgan fingerprint density at radius 3 is 1.47 bits per heavy atom. The molecule has 4 aromatic carbocycles. The molecule has 0 radical (unpaired) electrons. The lowest BCUT2D eigenvalue weighted by Crippen LogP contribution is -2.66. The molecule has 5 aromatic rings. The van der Waals surface area contributed by atoms with E-state index in [4.69, 9.17) is 47.0 Å². The molecule has 672 valence electrons. The Labute approximate surface area is 725 Å². The predicted octanol–water partition coefficient (Wildman–Crippen LogP) is -3.90. The van der Waals surface area contributed by atoms with Crippen molar-refractivity contribution in [1.82, 2.24) is 74.1 Å². The van der Waals surface area contributed by atoms with Gasteiger partial charge in [0.05, 0.1) is 25.4 Å². The van der Waals surface area contributed by atoms with Crippen LogP contribution in [0.2, 0.25) is 0 Å². The highest BCUT2D eigenvalue weighted by molar-refractivity contribution is 7.82. The first kappa shape index (κ1) is 100. The molecule has 0 unspecified atom stereocenters.